The Morgan fingerprint density at radius 3 is 2.56 bits per heavy atom. The van der Waals surface area contributed by atoms with Gasteiger partial charge in [-0.05, 0) is 40.6 Å². The predicted molar refractivity (Wildman–Crippen MR) is 99.7 cm³/mol. The maximum atomic E-state index is 12.7. The van der Waals surface area contributed by atoms with Gasteiger partial charge in [0.05, 0.1) is 6.54 Å². The molecule has 4 nitrogen and oxygen atoms in total. The first-order valence-corrected chi connectivity index (χ1v) is 8.15. The van der Waals surface area contributed by atoms with Crippen LogP contribution in [0.3, 0.4) is 0 Å². The summed E-state index contributed by atoms with van der Waals surface area (Å²) in [5.74, 6) is -0.112. The molecule has 0 aliphatic carbocycles. The quantitative estimate of drug-likeness (QED) is 0.606. The van der Waals surface area contributed by atoms with Gasteiger partial charge in [-0.3, -0.25) is 9.48 Å². The van der Waals surface area contributed by atoms with E-state index in [0.29, 0.717) is 12.1 Å². The summed E-state index contributed by atoms with van der Waals surface area (Å²) in [6.07, 6.45) is 3.65. The van der Waals surface area contributed by atoms with Crippen molar-refractivity contribution in [2.45, 2.75) is 6.54 Å². The highest BCUT2D eigenvalue weighted by atomic mass is 16.1. The van der Waals surface area contributed by atoms with Gasteiger partial charge >= 0.3 is 0 Å². The Morgan fingerprint density at radius 1 is 0.920 bits per heavy atom. The monoisotopic (exact) mass is 327 g/mol. The van der Waals surface area contributed by atoms with Crippen molar-refractivity contribution in [3.63, 3.8) is 0 Å². The Labute approximate surface area is 145 Å². The Balaban J connectivity index is 1.59. The first-order valence-electron chi connectivity index (χ1n) is 8.15. The average molecular weight is 327 g/mol. The molecule has 1 N–H and O–H groups in total. The third-order valence-electron chi connectivity index (χ3n) is 4.17. The lowest BCUT2D eigenvalue weighted by atomic mass is 10.1. The number of carbonyl (C=O) groups is 1. The summed E-state index contributed by atoms with van der Waals surface area (Å²) >= 11 is 0. The molecule has 0 aliphatic heterocycles. The lowest BCUT2D eigenvalue weighted by Crippen LogP contribution is -2.14. The van der Waals surface area contributed by atoms with Crippen LogP contribution in [0.5, 0.6) is 0 Å². The highest BCUT2D eigenvalue weighted by Crippen LogP contribution is 2.20. The predicted octanol–water partition coefficient (Wildman–Crippen LogP) is 4.34. The van der Waals surface area contributed by atoms with Crippen LogP contribution in [-0.4, -0.2) is 15.7 Å². The number of para-hydroxylation sites is 1. The average Bonchev–Trinajstić information content (AvgIpc) is 3.16. The number of aromatic nitrogens is 2. The highest BCUT2D eigenvalue weighted by Gasteiger charge is 2.10. The molecule has 1 amide bonds. The van der Waals surface area contributed by atoms with Gasteiger partial charge in [-0.15, -0.1) is 0 Å². The van der Waals surface area contributed by atoms with Crippen molar-refractivity contribution < 1.29 is 4.79 Å². The first kappa shape index (κ1) is 15.1. The molecule has 0 saturated carbocycles. The molecule has 0 aliphatic rings. The van der Waals surface area contributed by atoms with Gasteiger partial charge in [0.1, 0.15) is 0 Å². The van der Waals surface area contributed by atoms with E-state index in [4.69, 9.17) is 0 Å². The number of carbonyl (C=O) groups excluding carboxylic acids is 1. The smallest absolute Gasteiger partial charge is 0.255 e. The number of amides is 1. The molecule has 0 unspecified atom stereocenters. The Morgan fingerprint density at radius 2 is 1.72 bits per heavy atom. The molecule has 122 valence electrons. The molecule has 25 heavy (non-hydrogen) atoms. The second-order valence-electron chi connectivity index (χ2n) is 5.88. The number of anilines is 1. The number of hydrogen-bond donors (Lipinski definition) is 1. The Bertz CT molecular complexity index is 1020. The summed E-state index contributed by atoms with van der Waals surface area (Å²) < 4.78 is 1.83. The number of nitrogens with one attached hydrogen (secondary N) is 1. The summed E-state index contributed by atoms with van der Waals surface area (Å²) in [6.45, 7) is 0.612. The number of benzene rings is 3. The number of fused-ring (bicyclic) bond motifs is 1. The van der Waals surface area contributed by atoms with Crippen LogP contribution in [0.25, 0.3) is 10.8 Å². The molecular formula is C21H17N3O. The van der Waals surface area contributed by atoms with Crippen LogP contribution in [-0.2, 0) is 6.54 Å². The van der Waals surface area contributed by atoms with Crippen molar-refractivity contribution in [3.8, 4) is 0 Å². The zero-order valence-corrected chi connectivity index (χ0v) is 13.6. The van der Waals surface area contributed by atoms with Crippen LogP contribution >= 0.6 is 0 Å². The van der Waals surface area contributed by atoms with E-state index in [-0.39, 0.29) is 5.91 Å². The maximum absolute atomic E-state index is 12.7. The van der Waals surface area contributed by atoms with Gasteiger partial charge in [-0.2, -0.15) is 5.10 Å². The van der Waals surface area contributed by atoms with Gasteiger partial charge in [0, 0.05) is 23.6 Å². The molecule has 4 heteroatoms. The van der Waals surface area contributed by atoms with Crippen LogP contribution in [0.4, 0.5) is 5.69 Å². The van der Waals surface area contributed by atoms with Crippen molar-refractivity contribution in [1.82, 2.24) is 9.78 Å². The van der Waals surface area contributed by atoms with Crippen molar-refractivity contribution in [2.75, 3.05) is 5.32 Å². The highest BCUT2D eigenvalue weighted by molar-refractivity contribution is 6.06. The lowest BCUT2D eigenvalue weighted by Gasteiger charge is -2.11. The second kappa shape index (κ2) is 6.61. The molecule has 0 spiro atoms. The van der Waals surface area contributed by atoms with E-state index in [9.17, 15) is 4.79 Å². The van der Waals surface area contributed by atoms with Gasteiger partial charge in [0.25, 0.3) is 5.91 Å². The van der Waals surface area contributed by atoms with Crippen molar-refractivity contribution in [1.29, 1.82) is 0 Å². The number of rotatable bonds is 4. The zero-order valence-electron chi connectivity index (χ0n) is 13.6. The van der Waals surface area contributed by atoms with Crippen LogP contribution in [0.15, 0.2) is 85.2 Å². The molecule has 0 saturated heterocycles. The minimum absolute atomic E-state index is 0.112. The van der Waals surface area contributed by atoms with Gasteiger partial charge in [0.15, 0.2) is 0 Å². The lowest BCUT2D eigenvalue weighted by molar-refractivity contribution is 0.102. The van der Waals surface area contributed by atoms with Gasteiger partial charge in [-0.1, -0.05) is 48.5 Å². The van der Waals surface area contributed by atoms with E-state index in [1.807, 2.05) is 83.7 Å². The van der Waals surface area contributed by atoms with E-state index in [0.717, 1.165) is 22.0 Å². The molecule has 0 fully saturated rings. The Hall–Kier alpha value is -3.40. The van der Waals surface area contributed by atoms with Crippen LogP contribution in [0.1, 0.15) is 15.9 Å². The summed E-state index contributed by atoms with van der Waals surface area (Å²) in [7, 11) is 0. The number of hydrogen-bond acceptors (Lipinski definition) is 2. The van der Waals surface area contributed by atoms with E-state index in [1.54, 1.807) is 6.20 Å². The second-order valence-corrected chi connectivity index (χ2v) is 5.88. The molecule has 0 radical (unpaired) electrons. The fourth-order valence-electron chi connectivity index (χ4n) is 2.87. The summed E-state index contributed by atoms with van der Waals surface area (Å²) in [5, 5.41) is 9.43. The maximum Gasteiger partial charge on any atom is 0.255 e. The van der Waals surface area contributed by atoms with Crippen LogP contribution < -0.4 is 5.32 Å². The molecule has 0 bridgehead atoms. The molecule has 1 heterocycles. The summed E-state index contributed by atoms with van der Waals surface area (Å²) in [4.78, 5) is 12.7. The van der Waals surface area contributed by atoms with E-state index >= 15 is 0 Å². The topological polar surface area (TPSA) is 46.9 Å². The van der Waals surface area contributed by atoms with E-state index in [1.165, 1.54) is 0 Å². The van der Waals surface area contributed by atoms with E-state index < -0.39 is 0 Å². The first-order chi connectivity index (χ1) is 12.3. The normalized spacial score (nSPS) is 10.7. The van der Waals surface area contributed by atoms with Crippen molar-refractivity contribution in [2.24, 2.45) is 0 Å². The number of nitrogens with zero attached hydrogens (tertiary/aromatic N) is 2. The molecular weight excluding hydrogens is 310 g/mol. The van der Waals surface area contributed by atoms with Crippen molar-refractivity contribution in [3.05, 3.63) is 96.3 Å². The van der Waals surface area contributed by atoms with Gasteiger partial charge < -0.3 is 5.32 Å². The minimum Gasteiger partial charge on any atom is -0.322 e. The standard InChI is InChI=1S/C21H17N3O/c25-21(18-11-10-16-6-1-2-7-17(16)14-18)23-20-9-4-3-8-19(20)15-24-13-5-12-22-24/h1-14H,15H2,(H,23,25). The third kappa shape index (κ3) is 3.28. The molecule has 4 rings (SSSR count). The fourth-order valence-corrected chi connectivity index (χ4v) is 2.87. The van der Waals surface area contributed by atoms with Gasteiger partial charge in [-0.25, -0.2) is 0 Å². The molecule has 3 aromatic carbocycles. The summed E-state index contributed by atoms with van der Waals surface area (Å²) in [5.41, 5.74) is 2.46. The van der Waals surface area contributed by atoms with Gasteiger partial charge in [0.2, 0.25) is 0 Å². The summed E-state index contributed by atoms with van der Waals surface area (Å²) in [6, 6.07) is 23.4. The molecule has 4 aromatic rings. The van der Waals surface area contributed by atoms with E-state index in [2.05, 4.69) is 10.4 Å². The SMILES string of the molecule is O=C(Nc1ccccc1Cn1cccn1)c1ccc2ccccc2c1. The van der Waals surface area contributed by atoms with Crippen molar-refractivity contribution >= 4 is 22.4 Å². The largest absolute Gasteiger partial charge is 0.322 e. The Kier molecular flexibility index (Phi) is 4.01. The minimum atomic E-state index is -0.112. The molecule has 1 aromatic heterocycles. The fraction of sp³-hybridized carbons (Fsp3) is 0.0476. The van der Waals surface area contributed by atoms with Crippen LogP contribution in [0, 0.1) is 0 Å². The molecule has 0 atom stereocenters. The zero-order chi connectivity index (χ0) is 17.1. The third-order valence-corrected chi connectivity index (χ3v) is 4.17. The van der Waals surface area contributed by atoms with Crippen LogP contribution in [0.2, 0.25) is 0 Å².